The van der Waals surface area contributed by atoms with Crippen LogP contribution < -0.4 is 15.5 Å². The molecule has 1 saturated heterocycles. The van der Waals surface area contributed by atoms with Crippen molar-refractivity contribution in [3.63, 3.8) is 0 Å². The molecule has 1 aromatic carbocycles. The molecule has 0 spiro atoms. The highest BCUT2D eigenvalue weighted by Crippen LogP contribution is 2.40. The summed E-state index contributed by atoms with van der Waals surface area (Å²) >= 11 is 5.54. The number of aromatic nitrogens is 4. The van der Waals surface area contributed by atoms with E-state index in [1.165, 1.54) is 24.2 Å². The minimum Gasteiger partial charge on any atom is -0.379 e. The molecule has 0 atom stereocenters. The lowest BCUT2D eigenvalue weighted by Gasteiger charge is -2.34. The first-order valence-corrected chi connectivity index (χ1v) is 15.4. The quantitative estimate of drug-likeness (QED) is 0.270. The molecule has 4 heterocycles. The van der Waals surface area contributed by atoms with Crippen molar-refractivity contribution in [2.75, 3.05) is 48.8 Å². The number of hydrogen-bond donors (Lipinski definition) is 2. The first kappa shape index (κ1) is 29.8. The van der Waals surface area contributed by atoms with Crippen molar-refractivity contribution in [1.29, 1.82) is 0 Å². The normalized spacial score (nSPS) is 16.6. The molecule has 2 saturated carbocycles. The van der Waals surface area contributed by atoms with E-state index in [0.29, 0.717) is 18.3 Å². The Morgan fingerprint density at radius 2 is 1.74 bits per heavy atom. The number of imidazole rings is 1. The fourth-order valence-electron chi connectivity index (χ4n) is 4.76. The van der Waals surface area contributed by atoms with Gasteiger partial charge in [-0.25, -0.2) is 14.5 Å². The Bertz CT molecular complexity index is 1460. The highest BCUT2D eigenvalue weighted by molar-refractivity contribution is 6.30. The van der Waals surface area contributed by atoms with Crippen LogP contribution in [0.4, 0.5) is 17.2 Å². The number of piperazine rings is 1. The fourth-order valence-corrected chi connectivity index (χ4v) is 4.91. The first-order valence-electron chi connectivity index (χ1n) is 15.1. The van der Waals surface area contributed by atoms with Gasteiger partial charge in [0.15, 0.2) is 5.65 Å². The highest BCUT2D eigenvalue weighted by atomic mass is 35.5. The monoisotopic (exact) mass is 588 g/mol. The zero-order valence-electron chi connectivity index (χ0n) is 24.8. The maximum Gasteiger partial charge on any atom is 0.228 e. The van der Waals surface area contributed by atoms with Crippen LogP contribution in [0.25, 0.3) is 5.65 Å². The van der Waals surface area contributed by atoms with E-state index >= 15 is 0 Å². The van der Waals surface area contributed by atoms with Crippen molar-refractivity contribution >= 4 is 40.3 Å². The third kappa shape index (κ3) is 7.98. The van der Waals surface area contributed by atoms with Gasteiger partial charge in [0.25, 0.3) is 0 Å². The number of hydrogen-bond acceptors (Lipinski definition) is 7. The Balaban J connectivity index is 0.000000341. The Morgan fingerprint density at radius 3 is 2.38 bits per heavy atom. The summed E-state index contributed by atoms with van der Waals surface area (Å²) in [6.07, 6.45) is 8.15. The third-order valence-electron chi connectivity index (χ3n) is 7.48. The van der Waals surface area contributed by atoms with E-state index in [0.717, 1.165) is 61.1 Å². The summed E-state index contributed by atoms with van der Waals surface area (Å²) in [5.74, 6) is 1.39. The van der Waals surface area contributed by atoms with E-state index in [4.69, 9.17) is 21.7 Å². The van der Waals surface area contributed by atoms with Crippen molar-refractivity contribution in [2.45, 2.75) is 52.0 Å². The first-order chi connectivity index (χ1) is 20.5. The van der Waals surface area contributed by atoms with Gasteiger partial charge in [0.2, 0.25) is 5.91 Å². The fraction of sp³-hybridized carbons (Fsp3) is 0.438. The molecular formula is C32H41ClN8O. The van der Waals surface area contributed by atoms with E-state index in [1.807, 2.05) is 67.0 Å². The van der Waals surface area contributed by atoms with Crippen molar-refractivity contribution in [1.82, 2.24) is 24.5 Å². The summed E-state index contributed by atoms with van der Waals surface area (Å²) in [6, 6.07) is 15.5. The summed E-state index contributed by atoms with van der Waals surface area (Å²) in [5.41, 5.74) is 5.14. The molecule has 4 aromatic rings. The number of nitrogens with zero attached hydrogens (tertiary/aromatic N) is 6. The van der Waals surface area contributed by atoms with Crippen LogP contribution in [0.15, 0.2) is 60.9 Å². The van der Waals surface area contributed by atoms with Crippen LogP contribution in [0.3, 0.4) is 0 Å². The number of nitrogens with one attached hydrogen (secondary N) is 2. The number of rotatable bonds is 7. The van der Waals surface area contributed by atoms with Crippen molar-refractivity contribution in [2.24, 2.45) is 5.92 Å². The smallest absolute Gasteiger partial charge is 0.228 e. The second kappa shape index (κ2) is 14.0. The maximum absolute atomic E-state index is 12.0. The largest absolute Gasteiger partial charge is 0.379 e. The van der Waals surface area contributed by atoms with Crippen LogP contribution in [0.2, 0.25) is 5.02 Å². The van der Waals surface area contributed by atoms with Crippen LogP contribution in [-0.2, 0) is 11.3 Å². The van der Waals surface area contributed by atoms with Crippen LogP contribution >= 0.6 is 11.6 Å². The van der Waals surface area contributed by atoms with Gasteiger partial charge in [-0.15, -0.1) is 0 Å². The summed E-state index contributed by atoms with van der Waals surface area (Å²) in [7, 11) is 2.18. The number of anilines is 3. The van der Waals surface area contributed by atoms with Crippen LogP contribution in [0, 0.1) is 5.92 Å². The lowest BCUT2D eigenvalue weighted by molar-refractivity contribution is -0.117. The molecule has 3 aromatic heterocycles. The van der Waals surface area contributed by atoms with E-state index in [1.54, 1.807) is 6.20 Å². The molecule has 9 nitrogen and oxygen atoms in total. The van der Waals surface area contributed by atoms with Gasteiger partial charge in [-0.05, 0) is 57.0 Å². The molecule has 10 heteroatoms. The van der Waals surface area contributed by atoms with Crippen molar-refractivity contribution < 1.29 is 4.79 Å². The summed E-state index contributed by atoms with van der Waals surface area (Å²) in [6.45, 7) is 8.71. The minimum absolute atomic E-state index is 0.0639. The van der Waals surface area contributed by atoms with Gasteiger partial charge in [-0.1, -0.05) is 43.6 Å². The van der Waals surface area contributed by atoms with E-state index in [-0.39, 0.29) is 11.8 Å². The molecular weight excluding hydrogens is 548 g/mol. The van der Waals surface area contributed by atoms with Gasteiger partial charge in [0.05, 0.1) is 29.8 Å². The number of halogens is 1. The summed E-state index contributed by atoms with van der Waals surface area (Å²) in [4.78, 5) is 26.1. The van der Waals surface area contributed by atoms with Gasteiger partial charge in [-0.3, -0.25) is 4.79 Å². The number of likely N-dealkylation sites (N-methyl/N-ethyl adjacent to an activating group) is 1. The number of pyridine rings is 1. The number of benzene rings is 1. The standard InChI is InChI=1S/C24H30N8O.C6H5Cl.C2H6/c1-30-8-10-31(11-9-30)21-13-20(16-2-3-16)29-32-15-19(27-23(21)32)14-26-18-6-7-25-22(12-18)28-24(33)17-4-5-17;7-6-4-2-1-3-5-6;1-2/h6-7,12-13,15-17H,2-5,8-11,14H2,1H3,(H2,25,26,28,33);1-5H;1-2H3. The molecule has 2 aliphatic carbocycles. The summed E-state index contributed by atoms with van der Waals surface area (Å²) in [5, 5.41) is 12.0. The maximum atomic E-state index is 12.0. The molecule has 0 unspecified atom stereocenters. The predicted octanol–water partition coefficient (Wildman–Crippen LogP) is 6.08. The average Bonchev–Trinajstić information content (AvgIpc) is 3.95. The second-order valence-electron chi connectivity index (χ2n) is 10.9. The van der Waals surface area contributed by atoms with Gasteiger partial charge in [0, 0.05) is 61.0 Å². The lowest BCUT2D eigenvalue weighted by atomic mass is 10.2. The lowest BCUT2D eigenvalue weighted by Crippen LogP contribution is -2.44. The van der Waals surface area contributed by atoms with Crippen LogP contribution in [0.1, 0.15) is 56.8 Å². The zero-order valence-corrected chi connectivity index (χ0v) is 25.5. The molecule has 1 aliphatic heterocycles. The summed E-state index contributed by atoms with van der Waals surface area (Å²) < 4.78 is 1.96. The molecule has 42 heavy (non-hydrogen) atoms. The number of fused-ring (bicyclic) bond motifs is 1. The zero-order chi connectivity index (χ0) is 29.5. The molecule has 1 amide bonds. The Hall–Kier alpha value is -3.69. The minimum atomic E-state index is 0.0639. The highest BCUT2D eigenvalue weighted by Gasteiger charge is 2.30. The van der Waals surface area contributed by atoms with Crippen LogP contribution in [0.5, 0.6) is 0 Å². The Kier molecular flexibility index (Phi) is 9.92. The van der Waals surface area contributed by atoms with Crippen LogP contribution in [-0.4, -0.2) is 63.6 Å². The van der Waals surface area contributed by atoms with Crippen molar-refractivity contribution in [3.8, 4) is 0 Å². The van der Waals surface area contributed by atoms with Gasteiger partial charge < -0.3 is 20.4 Å². The number of amides is 1. The van der Waals surface area contributed by atoms with Gasteiger partial charge in [-0.2, -0.15) is 5.10 Å². The second-order valence-corrected chi connectivity index (χ2v) is 11.3. The van der Waals surface area contributed by atoms with E-state index < -0.39 is 0 Å². The van der Waals surface area contributed by atoms with E-state index in [9.17, 15) is 4.79 Å². The van der Waals surface area contributed by atoms with Gasteiger partial charge >= 0.3 is 0 Å². The SMILES string of the molecule is CC.CN1CCN(c2cc(C3CC3)nn3cc(CNc4ccnc(NC(=O)C5CC5)c4)nc23)CC1.Clc1ccccc1. The van der Waals surface area contributed by atoms with Crippen molar-refractivity contribution in [3.05, 3.63) is 77.3 Å². The van der Waals surface area contributed by atoms with Gasteiger partial charge in [0.1, 0.15) is 5.82 Å². The molecule has 3 fully saturated rings. The predicted molar refractivity (Wildman–Crippen MR) is 170 cm³/mol. The average molecular weight is 589 g/mol. The molecule has 0 radical (unpaired) electrons. The Labute approximate surface area is 253 Å². The third-order valence-corrected chi connectivity index (χ3v) is 7.73. The number of carbonyl (C=O) groups excluding carboxylic acids is 1. The van der Waals surface area contributed by atoms with E-state index in [2.05, 4.69) is 38.5 Å². The topological polar surface area (TPSA) is 90.7 Å². The number of carbonyl (C=O) groups is 1. The molecule has 7 rings (SSSR count). The molecule has 0 bridgehead atoms. The molecule has 222 valence electrons. The Morgan fingerprint density at radius 1 is 1.00 bits per heavy atom. The molecule has 3 aliphatic rings. The molecule has 2 N–H and O–H groups in total.